The molecule has 17 heavy (non-hydrogen) atoms. The molecule has 0 amide bonds. The van der Waals surface area contributed by atoms with E-state index in [9.17, 15) is 0 Å². The molecule has 1 fully saturated rings. The van der Waals surface area contributed by atoms with E-state index in [1.165, 1.54) is 37.7 Å². The van der Waals surface area contributed by atoms with Crippen LogP contribution < -0.4 is 4.74 Å². The van der Waals surface area contributed by atoms with Crippen LogP contribution in [0.25, 0.3) is 0 Å². The quantitative estimate of drug-likeness (QED) is 0.730. The first-order chi connectivity index (χ1) is 8.33. The highest BCUT2D eigenvalue weighted by Gasteiger charge is 2.28. The van der Waals surface area contributed by atoms with Crippen molar-refractivity contribution in [3.05, 3.63) is 29.8 Å². The third-order valence-corrected chi connectivity index (χ3v) is 4.97. The summed E-state index contributed by atoms with van der Waals surface area (Å²) in [7, 11) is 0. The van der Waals surface area contributed by atoms with Crippen LogP contribution in [0, 0.1) is 5.92 Å². The Morgan fingerprint density at radius 1 is 1.24 bits per heavy atom. The summed E-state index contributed by atoms with van der Waals surface area (Å²) in [6.07, 6.45) is 6.79. The number of hydrogen-bond donors (Lipinski definition) is 0. The van der Waals surface area contributed by atoms with Crippen LogP contribution in [0.4, 0.5) is 0 Å². The molecule has 3 rings (SSSR count). The largest absolute Gasteiger partial charge is 0.493 e. The third-order valence-electron chi connectivity index (χ3n) is 4.14. The Bertz CT molecular complexity index is 390. The minimum absolute atomic E-state index is 0.633. The van der Waals surface area contributed by atoms with E-state index in [1.54, 1.807) is 0 Å². The lowest BCUT2D eigenvalue weighted by atomic mass is 9.81. The summed E-state index contributed by atoms with van der Waals surface area (Å²) in [5, 5.41) is 0. The molecule has 0 saturated heterocycles. The predicted molar refractivity (Wildman–Crippen MR) is 74.0 cm³/mol. The van der Waals surface area contributed by atoms with Crippen LogP contribution >= 0.6 is 15.9 Å². The maximum Gasteiger partial charge on any atom is 0.122 e. The van der Waals surface area contributed by atoms with Crippen molar-refractivity contribution in [3.8, 4) is 5.75 Å². The number of rotatable bonds is 2. The summed E-state index contributed by atoms with van der Waals surface area (Å²) in [5.74, 6) is 2.63. The molecule has 3 unspecified atom stereocenters. The first-order valence-corrected chi connectivity index (χ1v) is 7.60. The minimum Gasteiger partial charge on any atom is -0.493 e. The highest BCUT2D eigenvalue weighted by atomic mass is 79.9. The molecule has 0 radical (unpaired) electrons. The van der Waals surface area contributed by atoms with Crippen LogP contribution in [0.15, 0.2) is 24.3 Å². The monoisotopic (exact) mass is 294 g/mol. The molecule has 1 aromatic carbocycles. The molecule has 0 bridgehead atoms. The predicted octanol–water partition coefficient (Wildman–Crippen LogP) is 4.51. The first kappa shape index (κ1) is 11.6. The van der Waals surface area contributed by atoms with Crippen molar-refractivity contribution < 1.29 is 4.74 Å². The Morgan fingerprint density at radius 2 is 2.12 bits per heavy atom. The fourth-order valence-corrected chi connectivity index (χ4v) is 4.12. The van der Waals surface area contributed by atoms with Gasteiger partial charge in [-0.15, -0.1) is 0 Å². The normalized spacial score (nSPS) is 31.9. The number of benzene rings is 1. The Kier molecular flexibility index (Phi) is 3.41. The van der Waals surface area contributed by atoms with Crippen molar-refractivity contribution in [2.24, 2.45) is 5.92 Å². The van der Waals surface area contributed by atoms with Crippen molar-refractivity contribution in [2.75, 3.05) is 6.61 Å². The van der Waals surface area contributed by atoms with Gasteiger partial charge in [0.15, 0.2) is 0 Å². The van der Waals surface area contributed by atoms with Crippen LogP contribution in [0.5, 0.6) is 5.75 Å². The van der Waals surface area contributed by atoms with E-state index in [0.717, 1.165) is 23.1 Å². The average molecular weight is 295 g/mol. The van der Waals surface area contributed by atoms with Gasteiger partial charge in [-0.1, -0.05) is 47.0 Å². The van der Waals surface area contributed by atoms with E-state index in [0.29, 0.717) is 5.92 Å². The molecular weight excluding hydrogens is 276 g/mol. The fraction of sp³-hybridized carbons (Fsp3) is 0.600. The zero-order valence-corrected chi connectivity index (χ0v) is 11.7. The molecule has 2 heteroatoms. The molecule has 3 atom stereocenters. The van der Waals surface area contributed by atoms with Crippen LogP contribution in [0.2, 0.25) is 0 Å². The second-order valence-corrected chi connectivity index (χ2v) is 6.71. The summed E-state index contributed by atoms with van der Waals surface area (Å²) in [6.45, 7) is 0.892. The smallest absolute Gasteiger partial charge is 0.122 e. The summed E-state index contributed by atoms with van der Waals surface area (Å²) in [6, 6.07) is 8.54. The van der Waals surface area contributed by atoms with Crippen molar-refractivity contribution in [2.45, 2.75) is 42.8 Å². The topological polar surface area (TPSA) is 9.23 Å². The van der Waals surface area contributed by atoms with Gasteiger partial charge < -0.3 is 4.74 Å². The third kappa shape index (κ3) is 2.52. The number of fused-ring (bicyclic) bond motifs is 1. The first-order valence-electron chi connectivity index (χ1n) is 6.68. The lowest BCUT2D eigenvalue weighted by molar-refractivity contribution is 0.278. The molecule has 0 aromatic heterocycles. The molecule has 1 heterocycles. The number of hydrogen-bond acceptors (Lipinski definition) is 1. The standard InChI is InChI=1S/C15H19BrO/c16-13-5-3-4-11(9-13)8-12-10-17-15-7-2-1-6-14(12)15/h1-2,6-7,11-13H,3-5,8-10H2. The molecular formula is C15H19BrO. The number of alkyl halides is 1. The van der Waals surface area contributed by atoms with Gasteiger partial charge in [0.1, 0.15) is 5.75 Å². The Balaban J connectivity index is 1.67. The van der Waals surface area contributed by atoms with E-state index >= 15 is 0 Å². The SMILES string of the molecule is BrC1CCCC(CC2COc3ccccc32)C1. The van der Waals surface area contributed by atoms with Gasteiger partial charge in [-0.25, -0.2) is 0 Å². The van der Waals surface area contributed by atoms with E-state index in [4.69, 9.17) is 4.74 Å². The molecule has 1 nitrogen and oxygen atoms in total. The molecule has 0 N–H and O–H groups in total. The lowest BCUT2D eigenvalue weighted by Gasteiger charge is -2.27. The van der Waals surface area contributed by atoms with Crippen LogP contribution in [0.3, 0.4) is 0 Å². The van der Waals surface area contributed by atoms with E-state index < -0.39 is 0 Å². The lowest BCUT2D eigenvalue weighted by Crippen LogP contribution is -2.18. The summed E-state index contributed by atoms with van der Waals surface area (Å²) < 4.78 is 5.77. The summed E-state index contributed by atoms with van der Waals surface area (Å²) in [5.41, 5.74) is 1.43. The molecule has 1 saturated carbocycles. The Hall–Kier alpha value is -0.500. The molecule has 1 aliphatic carbocycles. The van der Waals surface area contributed by atoms with Crippen molar-refractivity contribution in [1.82, 2.24) is 0 Å². The van der Waals surface area contributed by atoms with Gasteiger partial charge in [-0.05, 0) is 31.2 Å². The minimum atomic E-state index is 0.633. The summed E-state index contributed by atoms with van der Waals surface area (Å²) >= 11 is 3.78. The zero-order valence-electron chi connectivity index (χ0n) is 10.1. The number of halogens is 1. The van der Waals surface area contributed by atoms with Gasteiger partial charge in [-0.3, -0.25) is 0 Å². The van der Waals surface area contributed by atoms with Gasteiger partial charge in [-0.2, -0.15) is 0 Å². The second-order valence-electron chi connectivity index (χ2n) is 5.41. The fourth-order valence-electron chi connectivity index (χ4n) is 3.27. The Morgan fingerprint density at radius 3 is 3.00 bits per heavy atom. The van der Waals surface area contributed by atoms with E-state index in [2.05, 4.69) is 40.2 Å². The van der Waals surface area contributed by atoms with Gasteiger partial charge in [0.2, 0.25) is 0 Å². The van der Waals surface area contributed by atoms with Crippen LogP contribution in [0.1, 0.15) is 43.6 Å². The maximum absolute atomic E-state index is 5.77. The van der Waals surface area contributed by atoms with Gasteiger partial charge in [0.25, 0.3) is 0 Å². The Labute approximate surface area is 112 Å². The highest BCUT2D eigenvalue weighted by molar-refractivity contribution is 9.09. The van der Waals surface area contributed by atoms with Crippen molar-refractivity contribution in [1.29, 1.82) is 0 Å². The molecule has 1 aromatic rings. The molecule has 92 valence electrons. The highest BCUT2D eigenvalue weighted by Crippen LogP contribution is 2.41. The average Bonchev–Trinajstić information content (AvgIpc) is 2.73. The maximum atomic E-state index is 5.77. The second kappa shape index (κ2) is 5.01. The van der Waals surface area contributed by atoms with E-state index in [-0.39, 0.29) is 0 Å². The van der Waals surface area contributed by atoms with Crippen LogP contribution in [-0.4, -0.2) is 11.4 Å². The van der Waals surface area contributed by atoms with Gasteiger partial charge in [0, 0.05) is 16.3 Å². The van der Waals surface area contributed by atoms with Crippen molar-refractivity contribution >= 4 is 15.9 Å². The molecule has 1 aliphatic heterocycles. The number of para-hydroxylation sites is 1. The summed E-state index contributed by atoms with van der Waals surface area (Å²) in [4.78, 5) is 0.749. The zero-order chi connectivity index (χ0) is 11.7. The van der Waals surface area contributed by atoms with E-state index in [1.807, 2.05) is 0 Å². The number of ether oxygens (including phenoxy) is 1. The van der Waals surface area contributed by atoms with Crippen LogP contribution in [-0.2, 0) is 0 Å². The van der Waals surface area contributed by atoms with Crippen molar-refractivity contribution in [3.63, 3.8) is 0 Å². The molecule has 2 aliphatic rings. The molecule has 0 spiro atoms. The van der Waals surface area contributed by atoms with Gasteiger partial charge >= 0.3 is 0 Å². The van der Waals surface area contributed by atoms with Gasteiger partial charge in [0.05, 0.1) is 6.61 Å².